The molecule has 1 fully saturated rings. The van der Waals surface area contributed by atoms with Gasteiger partial charge < -0.3 is 15.0 Å². The molecule has 0 bridgehead atoms. The molecule has 0 unspecified atom stereocenters. The predicted octanol–water partition coefficient (Wildman–Crippen LogP) is 2.17. The third kappa shape index (κ3) is 2.36. The maximum absolute atomic E-state index is 12.3. The minimum absolute atomic E-state index is 0.250. The summed E-state index contributed by atoms with van der Waals surface area (Å²) in [6, 6.07) is 7.34. The summed E-state index contributed by atoms with van der Waals surface area (Å²) >= 11 is 0. The van der Waals surface area contributed by atoms with Crippen molar-refractivity contribution in [1.82, 2.24) is 9.55 Å². The van der Waals surface area contributed by atoms with Crippen LogP contribution in [-0.2, 0) is 9.59 Å². The number of aromatic nitrogens is 2. The average molecular weight is 299 g/mol. The Bertz CT molecular complexity index is 722. The molecule has 2 aromatic rings. The molecule has 2 N–H and O–H groups in total. The lowest BCUT2D eigenvalue weighted by Crippen LogP contribution is -2.17. The second-order valence-electron chi connectivity index (χ2n) is 6.12. The lowest BCUT2D eigenvalue weighted by atomic mass is 10.1. The van der Waals surface area contributed by atoms with Crippen molar-refractivity contribution in [3.63, 3.8) is 0 Å². The molecular formula is C16H17N3O3. The van der Waals surface area contributed by atoms with Crippen LogP contribution < -0.4 is 5.32 Å². The van der Waals surface area contributed by atoms with Gasteiger partial charge in [0.2, 0.25) is 5.91 Å². The minimum Gasteiger partial charge on any atom is -0.481 e. The van der Waals surface area contributed by atoms with Crippen LogP contribution >= 0.6 is 0 Å². The number of nitrogens with zero attached hydrogens (tertiary/aromatic N) is 2. The Morgan fingerprint density at radius 3 is 2.68 bits per heavy atom. The second-order valence-corrected chi connectivity index (χ2v) is 6.12. The first-order valence-electron chi connectivity index (χ1n) is 7.03. The van der Waals surface area contributed by atoms with Crippen molar-refractivity contribution < 1.29 is 14.7 Å². The number of carboxylic acid groups (broad SMARTS) is 1. The molecule has 1 aromatic carbocycles. The molecule has 1 heterocycles. The third-order valence-electron chi connectivity index (χ3n) is 4.29. The van der Waals surface area contributed by atoms with Gasteiger partial charge in [-0.05, 0) is 23.6 Å². The Kier molecular flexibility index (Phi) is 3.24. The monoisotopic (exact) mass is 299 g/mol. The molecule has 6 heteroatoms. The molecule has 0 saturated heterocycles. The summed E-state index contributed by atoms with van der Waals surface area (Å²) in [5, 5.41) is 12.0. The van der Waals surface area contributed by atoms with Gasteiger partial charge in [-0.2, -0.15) is 0 Å². The number of carbonyl (C=O) groups excluding carboxylic acids is 1. The normalized spacial score (nSPS) is 22.1. The molecule has 1 aromatic heterocycles. The van der Waals surface area contributed by atoms with E-state index in [1.54, 1.807) is 32.4 Å². The van der Waals surface area contributed by atoms with Gasteiger partial charge in [0.05, 0.1) is 18.2 Å². The molecule has 22 heavy (non-hydrogen) atoms. The molecule has 114 valence electrons. The first kappa shape index (κ1) is 14.3. The Labute approximate surface area is 127 Å². The number of carboxylic acids is 1. The zero-order chi connectivity index (χ0) is 15.9. The van der Waals surface area contributed by atoms with Crippen LogP contribution in [0.3, 0.4) is 0 Å². The van der Waals surface area contributed by atoms with Crippen molar-refractivity contribution in [2.45, 2.75) is 13.8 Å². The summed E-state index contributed by atoms with van der Waals surface area (Å²) in [4.78, 5) is 27.5. The molecule has 0 radical (unpaired) electrons. The molecule has 6 nitrogen and oxygen atoms in total. The van der Waals surface area contributed by atoms with Crippen molar-refractivity contribution in [3.8, 4) is 5.69 Å². The van der Waals surface area contributed by atoms with Gasteiger partial charge in [0, 0.05) is 23.8 Å². The van der Waals surface area contributed by atoms with Gasteiger partial charge >= 0.3 is 5.97 Å². The van der Waals surface area contributed by atoms with E-state index < -0.39 is 23.2 Å². The SMILES string of the molecule is CC1(C)[C@H](C(=O)O)[C@@H]1C(=O)Nc1cccc(-n2ccnc2)c1. The predicted molar refractivity (Wildman–Crippen MR) is 80.6 cm³/mol. The Hall–Kier alpha value is -2.63. The van der Waals surface area contributed by atoms with Crippen LogP contribution in [0.25, 0.3) is 5.69 Å². The number of hydrogen-bond acceptors (Lipinski definition) is 3. The average Bonchev–Trinajstić information content (AvgIpc) is 2.84. The first-order valence-corrected chi connectivity index (χ1v) is 7.03. The van der Waals surface area contributed by atoms with Gasteiger partial charge in [0.25, 0.3) is 0 Å². The summed E-state index contributed by atoms with van der Waals surface area (Å²) < 4.78 is 1.83. The molecular weight excluding hydrogens is 282 g/mol. The number of amides is 1. The lowest BCUT2D eigenvalue weighted by molar-refractivity contribution is -0.140. The number of benzene rings is 1. The topological polar surface area (TPSA) is 84.2 Å². The van der Waals surface area contributed by atoms with E-state index in [0.29, 0.717) is 5.69 Å². The summed E-state index contributed by atoms with van der Waals surface area (Å²) in [5.74, 6) is -2.29. The van der Waals surface area contributed by atoms with Gasteiger partial charge in [-0.25, -0.2) is 4.98 Å². The number of nitrogens with one attached hydrogen (secondary N) is 1. The van der Waals surface area contributed by atoms with E-state index in [1.807, 2.05) is 29.0 Å². The molecule has 1 aliphatic rings. The molecule has 1 aliphatic carbocycles. The number of hydrogen-bond donors (Lipinski definition) is 2. The maximum Gasteiger partial charge on any atom is 0.307 e. The Morgan fingerprint density at radius 2 is 2.09 bits per heavy atom. The summed E-state index contributed by atoms with van der Waals surface area (Å²) in [7, 11) is 0. The molecule has 0 spiro atoms. The van der Waals surface area contributed by atoms with Crippen molar-refractivity contribution in [3.05, 3.63) is 43.0 Å². The minimum atomic E-state index is -0.919. The quantitative estimate of drug-likeness (QED) is 0.906. The Balaban J connectivity index is 1.76. The zero-order valence-corrected chi connectivity index (χ0v) is 12.4. The summed E-state index contributed by atoms with van der Waals surface area (Å²) in [5.41, 5.74) is 1.01. The van der Waals surface area contributed by atoms with Gasteiger partial charge in [-0.15, -0.1) is 0 Å². The number of aliphatic carboxylic acids is 1. The van der Waals surface area contributed by atoms with E-state index in [9.17, 15) is 9.59 Å². The van der Waals surface area contributed by atoms with E-state index in [-0.39, 0.29) is 5.91 Å². The fourth-order valence-corrected chi connectivity index (χ4v) is 2.96. The smallest absolute Gasteiger partial charge is 0.307 e. The van der Waals surface area contributed by atoms with Crippen molar-refractivity contribution >= 4 is 17.6 Å². The van der Waals surface area contributed by atoms with Crippen molar-refractivity contribution in [2.24, 2.45) is 17.3 Å². The van der Waals surface area contributed by atoms with E-state index in [1.165, 1.54) is 0 Å². The van der Waals surface area contributed by atoms with Crippen molar-refractivity contribution in [2.75, 3.05) is 5.32 Å². The fourth-order valence-electron chi connectivity index (χ4n) is 2.96. The van der Waals surface area contributed by atoms with Crippen LogP contribution in [0.5, 0.6) is 0 Å². The van der Waals surface area contributed by atoms with Crippen LogP contribution in [0, 0.1) is 17.3 Å². The summed E-state index contributed by atoms with van der Waals surface area (Å²) in [6.45, 7) is 3.61. The highest BCUT2D eigenvalue weighted by atomic mass is 16.4. The zero-order valence-electron chi connectivity index (χ0n) is 12.4. The second kappa shape index (κ2) is 4.98. The number of anilines is 1. The number of carbonyl (C=O) groups is 2. The highest BCUT2D eigenvalue weighted by Gasteiger charge is 2.65. The molecule has 2 atom stereocenters. The highest BCUT2D eigenvalue weighted by molar-refractivity contribution is 5.99. The van der Waals surface area contributed by atoms with E-state index in [2.05, 4.69) is 10.3 Å². The standard InChI is InChI=1S/C16H17N3O3/c1-16(2)12(13(16)15(21)22)14(20)18-10-4-3-5-11(8-10)19-7-6-17-9-19/h3-9,12-13H,1-2H3,(H,18,20)(H,21,22)/t12-,13+/m1/s1. The van der Waals surface area contributed by atoms with E-state index in [0.717, 1.165) is 5.69 Å². The van der Waals surface area contributed by atoms with Crippen molar-refractivity contribution in [1.29, 1.82) is 0 Å². The first-order chi connectivity index (χ1) is 10.4. The van der Waals surface area contributed by atoms with Gasteiger partial charge in [0.1, 0.15) is 0 Å². The molecule has 3 rings (SSSR count). The van der Waals surface area contributed by atoms with Crippen LogP contribution in [-0.4, -0.2) is 26.5 Å². The van der Waals surface area contributed by atoms with Crippen LogP contribution in [0.1, 0.15) is 13.8 Å². The van der Waals surface area contributed by atoms with E-state index >= 15 is 0 Å². The summed E-state index contributed by atoms with van der Waals surface area (Å²) in [6.07, 6.45) is 5.16. The highest BCUT2D eigenvalue weighted by Crippen LogP contribution is 2.58. The fraction of sp³-hybridized carbons (Fsp3) is 0.312. The van der Waals surface area contributed by atoms with Crippen LogP contribution in [0.4, 0.5) is 5.69 Å². The van der Waals surface area contributed by atoms with Gasteiger partial charge in [-0.1, -0.05) is 19.9 Å². The van der Waals surface area contributed by atoms with Crippen LogP contribution in [0.2, 0.25) is 0 Å². The molecule has 1 saturated carbocycles. The van der Waals surface area contributed by atoms with Gasteiger partial charge in [0.15, 0.2) is 0 Å². The largest absolute Gasteiger partial charge is 0.481 e. The Morgan fingerprint density at radius 1 is 1.32 bits per heavy atom. The van der Waals surface area contributed by atoms with E-state index in [4.69, 9.17) is 5.11 Å². The number of imidazole rings is 1. The lowest BCUT2D eigenvalue weighted by Gasteiger charge is -2.08. The maximum atomic E-state index is 12.3. The molecule has 1 amide bonds. The van der Waals surface area contributed by atoms with Crippen LogP contribution in [0.15, 0.2) is 43.0 Å². The number of rotatable bonds is 4. The third-order valence-corrected chi connectivity index (χ3v) is 4.29. The molecule has 0 aliphatic heterocycles. The van der Waals surface area contributed by atoms with Gasteiger partial charge in [-0.3, -0.25) is 9.59 Å².